The normalized spacial score (nSPS) is 22.3. The van der Waals surface area contributed by atoms with Gasteiger partial charge in [-0.3, -0.25) is 0 Å². The van der Waals surface area contributed by atoms with Gasteiger partial charge in [0.25, 0.3) is 0 Å². The number of hydrogen-bond acceptors (Lipinski definition) is 4. The average Bonchev–Trinajstić information content (AvgIpc) is 2.53. The molecule has 0 radical (unpaired) electrons. The van der Waals surface area contributed by atoms with Crippen LogP contribution >= 0.6 is 0 Å². The van der Waals surface area contributed by atoms with E-state index < -0.39 is 6.10 Å². The van der Waals surface area contributed by atoms with Gasteiger partial charge in [0.05, 0.1) is 18.8 Å². The Labute approximate surface area is 119 Å². The number of anilines is 1. The molecule has 0 bridgehead atoms. The van der Waals surface area contributed by atoms with Crippen LogP contribution in [0, 0.1) is 5.92 Å². The predicted octanol–water partition coefficient (Wildman–Crippen LogP) is 2.98. The molecule has 1 heterocycles. The molecule has 1 N–H and O–H groups in total. The topological polar surface area (TPSA) is 47.6 Å². The third kappa shape index (κ3) is 3.06. The Morgan fingerprint density at radius 2 is 2.05 bits per heavy atom. The molecule has 4 heteroatoms. The Morgan fingerprint density at radius 1 is 1.25 bits per heavy atom. The van der Waals surface area contributed by atoms with Gasteiger partial charge in [0.1, 0.15) is 5.75 Å². The van der Waals surface area contributed by atoms with Crippen molar-refractivity contribution in [1.29, 1.82) is 0 Å². The van der Waals surface area contributed by atoms with Crippen molar-refractivity contribution in [2.24, 2.45) is 5.92 Å². The minimum atomic E-state index is -0.534. The lowest BCUT2D eigenvalue weighted by molar-refractivity contribution is -0.153. The van der Waals surface area contributed by atoms with Crippen molar-refractivity contribution in [2.75, 3.05) is 18.5 Å². The number of para-hydroxylation sites is 2. The molecule has 1 atom stereocenters. The summed E-state index contributed by atoms with van der Waals surface area (Å²) >= 11 is 0. The van der Waals surface area contributed by atoms with E-state index in [-0.39, 0.29) is 5.97 Å². The molecule has 1 aromatic rings. The van der Waals surface area contributed by atoms with E-state index in [1.165, 1.54) is 32.1 Å². The van der Waals surface area contributed by atoms with Crippen LogP contribution in [0.3, 0.4) is 0 Å². The Morgan fingerprint density at radius 3 is 2.90 bits per heavy atom. The van der Waals surface area contributed by atoms with E-state index in [1.54, 1.807) is 0 Å². The molecule has 20 heavy (non-hydrogen) atoms. The van der Waals surface area contributed by atoms with E-state index in [2.05, 4.69) is 5.32 Å². The van der Waals surface area contributed by atoms with Gasteiger partial charge in [-0.1, -0.05) is 31.4 Å². The van der Waals surface area contributed by atoms with Crippen LogP contribution in [0.2, 0.25) is 0 Å². The molecule has 2 aliphatic rings. The molecule has 1 aromatic carbocycles. The lowest BCUT2D eigenvalue weighted by Crippen LogP contribution is -2.39. The van der Waals surface area contributed by atoms with Crippen molar-refractivity contribution in [3.05, 3.63) is 24.3 Å². The molecule has 1 unspecified atom stereocenters. The van der Waals surface area contributed by atoms with Gasteiger partial charge in [-0.25, -0.2) is 4.79 Å². The van der Waals surface area contributed by atoms with Crippen molar-refractivity contribution >= 4 is 11.7 Å². The van der Waals surface area contributed by atoms with Crippen LogP contribution in [-0.2, 0) is 9.53 Å². The summed E-state index contributed by atoms with van der Waals surface area (Å²) in [5.74, 6) is 1.01. The maximum atomic E-state index is 12.1. The lowest BCUT2D eigenvalue weighted by Gasteiger charge is -2.27. The maximum Gasteiger partial charge on any atom is 0.349 e. The van der Waals surface area contributed by atoms with E-state index in [4.69, 9.17) is 9.47 Å². The smallest absolute Gasteiger partial charge is 0.349 e. The highest BCUT2D eigenvalue weighted by Gasteiger charge is 2.27. The lowest BCUT2D eigenvalue weighted by atomic mass is 9.90. The summed E-state index contributed by atoms with van der Waals surface area (Å²) in [5.41, 5.74) is 0.934. The molecule has 1 fully saturated rings. The molecule has 1 aliphatic carbocycles. The third-order valence-corrected chi connectivity index (χ3v) is 4.08. The maximum absolute atomic E-state index is 12.1. The molecular formula is C16H21NO3. The van der Waals surface area contributed by atoms with Gasteiger partial charge in [0.15, 0.2) is 0 Å². The Hall–Kier alpha value is -1.71. The SMILES string of the molecule is O=C(OCC1CCCCC1)C1CNc2ccccc2O1. The van der Waals surface area contributed by atoms with Gasteiger partial charge in [0.2, 0.25) is 6.10 Å². The summed E-state index contributed by atoms with van der Waals surface area (Å²) in [6, 6.07) is 7.65. The van der Waals surface area contributed by atoms with Crippen molar-refractivity contribution < 1.29 is 14.3 Å². The van der Waals surface area contributed by atoms with Gasteiger partial charge < -0.3 is 14.8 Å². The van der Waals surface area contributed by atoms with Crippen LogP contribution in [0.1, 0.15) is 32.1 Å². The van der Waals surface area contributed by atoms with Crippen LogP contribution < -0.4 is 10.1 Å². The monoisotopic (exact) mass is 275 g/mol. The van der Waals surface area contributed by atoms with E-state index in [9.17, 15) is 4.79 Å². The van der Waals surface area contributed by atoms with Crippen molar-refractivity contribution in [1.82, 2.24) is 0 Å². The zero-order chi connectivity index (χ0) is 13.8. The third-order valence-electron chi connectivity index (χ3n) is 4.08. The zero-order valence-electron chi connectivity index (χ0n) is 11.6. The number of ether oxygens (including phenoxy) is 2. The van der Waals surface area contributed by atoms with Gasteiger partial charge in [0, 0.05) is 0 Å². The molecule has 0 saturated heterocycles. The minimum Gasteiger partial charge on any atom is -0.475 e. The Bertz CT molecular complexity index is 469. The van der Waals surface area contributed by atoms with Crippen LogP contribution in [0.25, 0.3) is 0 Å². The first-order chi connectivity index (χ1) is 9.83. The second kappa shape index (κ2) is 6.16. The zero-order valence-corrected chi connectivity index (χ0v) is 11.6. The van der Waals surface area contributed by atoms with E-state index in [0.29, 0.717) is 19.1 Å². The quantitative estimate of drug-likeness (QED) is 0.862. The average molecular weight is 275 g/mol. The number of benzene rings is 1. The number of fused-ring (bicyclic) bond motifs is 1. The first-order valence-electron chi connectivity index (χ1n) is 7.49. The summed E-state index contributed by atoms with van der Waals surface area (Å²) in [5, 5.41) is 3.21. The molecule has 0 amide bonds. The van der Waals surface area contributed by atoms with Gasteiger partial charge in [-0.05, 0) is 30.9 Å². The first-order valence-corrected chi connectivity index (χ1v) is 7.49. The number of rotatable bonds is 3. The van der Waals surface area contributed by atoms with E-state index in [1.807, 2.05) is 24.3 Å². The number of carbonyl (C=O) groups excluding carboxylic acids is 1. The number of nitrogens with one attached hydrogen (secondary N) is 1. The van der Waals surface area contributed by atoms with E-state index >= 15 is 0 Å². The van der Waals surface area contributed by atoms with Crippen molar-refractivity contribution in [2.45, 2.75) is 38.2 Å². The molecule has 0 spiro atoms. The molecule has 108 valence electrons. The van der Waals surface area contributed by atoms with Gasteiger partial charge in [-0.2, -0.15) is 0 Å². The first kappa shape index (κ1) is 13.3. The second-order valence-corrected chi connectivity index (χ2v) is 5.62. The summed E-state index contributed by atoms with van der Waals surface area (Å²) in [6.07, 6.45) is 5.67. The molecule has 1 aliphatic heterocycles. The number of esters is 1. The molecule has 1 saturated carbocycles. The van der Waals surface area contributed by atoms with Crippen LogP contribution in [-0.4, -0.2) is 25.2 Å². The van der Waals surface area contributed by atoms with Gasteiger partial charge in [-0.15, -0.1) is 0 Å². The summed E-state index contributed by atoms with van der Waals surface area (Å²) in [6.45, 7) is 1.01. The van der Waals surface area contributed by atoms with Crippen LogP contribution in [0.5, 0.6) is 5.75 Å². The molecule has 4 nitrogen and oxygen atoms in total. The van der Waals surface area contributed by atoms with Crippen LogP contribution in [0.15, 0.2) is 24.3 Å². The Balaban J connectivity index is 1.51. The fourth-order valence-corrected chi connectivity index (χ4v) is 2.89. The Kier molecular flexibility index (Phi) is 4.09. The largest absolute Gasteiger partial charge is 0.475 e. The standard InChI is InChI=1S/C16H21NO3/c18-16(19-11-12-6-2-1-3-7-12)15-10-17-13-8-4-5-9-14(13)20-15/h4-5,8-9,12,15,17H,1-3,6-7,10-11H2. The minimum absolute atomic E-state index is 0.252. The highest BCUT2D eigenvalue weighted by Crippen LogP contribution is 2.29. The predicted molar refractivity (Wildman–Crippen MR) is 76.9 cm³/mol. The van der Waals surface area contributed by atoms with Crippen molar-refractivity contribution in [3.63, 3.8) is 0 Å². The molecule has 0 aromatic heterocycles. The molecule has 3 rings (SSSR count). The number of hydrogen-bond donors (Lipinski definition) is 1. The highest BCUT2D eigenvalue weighted by atomic mass is 16.6. The van der Waals surface area contributed by atoms with E-state index in [0.717, 1.165) is 11.4 Å². The van der Waals surface area contributed by atoms with Crippen LogP contribution in [0.4, 0.5) is 5.69 Å². The van der Waals surface area contributed by atoms with Gasteiger partial charge >= 0.3 is 5.97 Å². The van der Waals surface area contributed by atoms with Crippen molar-refractivity contribution in [3.8, 4) is 5.75 Å². The summed E-state index contributed by atoms with van der Waals surface area (Å²) in [4.78, 5) is 12.1. The number of carbonyl (C=O) groups is 1. The second-order valence-electron chi connectivity index (χ2n) is 5.62. The highest BCUT2D eigenvalue weighted by molar-refractivity contribution is 5.77. The fraction of sp³-hybridized carbons (Fsp3) is 0.562. The molecular weight excluding hydrogens is 254 g/mol. The fourth-order valence-electron chi connectivity index (χ4n) is 2.89. The summed E-state index contributed by atoms with van der Waals surface area (Å²) in [7, 11) is 0. The summed E-state index contributed by atoms with van der Waals surface area (Å²) < 4.78 is 11.1.